The summed E-state index contributed by atoms with van der Waals surface area (Å²) in [7, 11) is 0. The quantitative estimate of drug-likeness (QED) is 0.514. The summed E-state index contributed by atoms with van der Waals surface area (Å²) in [5, 5.41) is 0. The molecule has 0 aliphatic rings. The molecule has 78 valence electrons. The van der Waals surface area contributed by atoms with E-state index in [9.17, 15) is 0 Å². The molecule has 0 aliphatic carbocycles. The van der Waals surface area contributed by atoms with Crippen LogP contribution in [0.15, 0.2) is 18.2 Å². The first-order valence-corrected chi connectivity index (χ1v) is 3.28. The second-order valence-electron chi connectivity index (χ2n) is 2.46. The van der Waals surface area contributed by atoms with Gasteiger partial charge in [-0.05, 0) is 25.5 Å². The van der Waals surface area contributed by atoms with Crippen LogP contribution in [0.5, 0.6) is 0 Å². The zero-order valence-corrected chi connectivity index (χ0v) is 8.53. The van der Waals surface area contributed by atoms with Crippen molar-refractivity contribution in [2.24, 2.45) is 5.84 Å². The maximum absolute atomic E-state index is 5.25. The Labute approximate surface area is 84.1 Å². The van der Waals surface area contributed by atoms with Crippen molar-refractivity contribution in [3.8, 4) is 0 Å². The molecule has 5 heteroatoms. The highest BCUT2D eigenvalue weighted by molar-refractivity contribution is 5.85. The van der Waals surface area contributed by atoms with Crippen molar-refractivity contribution < 1.29 is 11.0 Å². The van der Waals surface area contributed by atoms with Gasteiger partial charge < -0.3 is 16.4 Å². The van der Waals surface area contributed by atoms with Crippen LogP contribution in [-0.2, 0) is 0 Å². The van der Waals surface area contributed by atoms with Gasteiger partial charge in [0.05, 0.1) is 5.69 Å². The van der Waals surface area contributed by atoms with E-state index in [2.05, 4.69) is 18.4 Å². The number of hydrazine groups is 1. The van der Waals surface area contributed by atoms with E-state index in [0.29, 0.717) is 0 Å². The molecule has 13 heavy (non-hydrogen) atoms. The molecule has 0 amide bonds. The molecule has 1 rings (SSSR count). The topological polar surface area (TPSA) is 101 Å². The monoisotopic (exact) mass is 208 g/mol. The first-order chi connectivity index (χ1) is 4.74. The third-order valence-electron chi connectivity index (χ3n) is 1.54. The fourth-order valence-electron chi connectivity index (χ4n) is 0.976. The summed E-state index contributed by atoms with van der Waals surface area (Å²) in [5.74, 6) is 5.25. The molecule has 0 aliphatic heterocycles. The van der Waals surface area contributed by atoms with Gasteiger partial charge in [0.15, 0.2) is 0 Å². The number of hydrogen-bond donors (Lipinski definition) is 2. The fourth-order valence-corrected chi connectivity index (χ4v) is 0.976. The van der Waals surface area contributed by atoms with Crippen LogP contribution in [0.4, 0.5) is 5.69 Å². The number of hydrogen-bond acceptors (Lipinski definition) is 2. The summed E-state index contributed by atoms with van der Waals surface area (Å²) in [5.41, 5.74) is 6.06. The molecule has 0 spiro atoms. The summed E-state index contributed by atoms with van der Waals surface area (Å²) >= 11 is 0. The molecule has 0 fully saturated rings. The number of aryl methyl sites for hydroxylation is 2. The van der Waals surface area contributed by atoms with Gasteiger partial charge in [0.25, 0.3) is 0 Å². The van der Waals surface area contributed by atoms with E-state index < -0.39 is 0 Å². The second-order valence-corrected chi connectivity index (χ2v) is 2.46. The number of nitrogen functional groups attached to an aromatic ring is 1. The van der Waals surface area contributed by atoms with Gasteiger partial charge in [-0.3, -0.25) is 5.84 Å². The lowest BCUT2D eigenvalue weighted by Crippen LogP contribution is -2.07. The zero-order valence-electron chi connectivity index (χ0n) is 7.72. The Hall–Kier alpha value is -0.810. The van der Waals surface area contributed by atoms with Crippen LogP contribution >= 0.6 is 12.4 Å². The molecule has 0 saturated carbocycles. The van der Waals surface area contributed by atoms with E-state index in [1.54, 1.807) is 0 Å². The maximum Gasteiger partial charge on any atom is 0.0514 e. The van der Waals surface area contributed by atoms with Crippen LogP contribution in [0.2, 0.25) is 0 Å². The minimum Gasteiger partial charge on any atom is -0.412 e. The second kappa shape index (κ2) is 7.82. The van der Waals surface area contributed by atoms with Crippen LogP contribution < -0.4 is 11.3 Å². The van der Waals surface area contributed by atoms with Crippen molar-refractivity contribution in [3.05, 3.63) is 29.3 Å². The number of nitrogens with two attached hydrogens (primary N) is 1. The third kappa shape index (κ3) is 4.69. The van der Waals surface area contributed by atoms with Gasteiger partial charge in [-0.1, -0.05) is 17.7 Å². The fraction of sp³-hybridized carbons (Fsp3) is 0.250. The van der Waals surface area contributed by atoms with Gasteiger partial charge in [0.1, 0.15) is 0 Å². The number of anilines is 1. The number of benzene rings is 1. The predicted octanol–water partition coefficient (Wildman–Crippen LogP) is 0.361. The molecular weight excluding hydrogens is 192 g/mol. The molecule has 1 aromatic carbocycles. The van der Waals surface area contributed by atoms with Crippen molar-refractivity contribution in [2.45, 2.75) is 13.8 Å². The van der Waals surface area contributed by atoms with Crippen molar-refractivity contribution in [2.75, 3.05) is 5.43 Å². The van der Waals surface area contributed by atoms with E-state index >= 15 is 0 Å². The smallest absolute Gasteiger partial charge is 0.0514 e. The summed E-state index contributed by atoms with van der Waals surface area (Å²) in [4.78, 5) is 0. The summed E-state index contributed by atoms with van der Waals surface area (Å²) < 4.78 is 0. The highest BCUT2D eigenvalue weighted by Gasteiger charge is 1.93. The average molecular weight is 209 g/mol. The molecule has 0 saturated heterocycles. The first kappa shape index (κ1) is 18.1. The van der Waals surface area contributed by atoms with Crippen LogP contribution in [0.3, 0.4) is 0 Å². The summed E-state index contributed by atoms with van der Waals surface area (Å²) in [6, 6.07) is 6.10. The molecule has 0 unspecified atom stereocenters. The summed E-state index contributed by atoms with van der Waals surface area (Å²) in [6.07, 6.45) is 0. The Morgan fingerprint density at radius 3 is 2.08 bits per heavy atom. The number of rotatable bonds is 1. The van der Waals surface area contributed by atoms with Crippen molar-refractivity contribution in [3.63, 3.8) is 0 Å². The first-order valence-electron chi connectivity index (χ1n) is 3.28. The SMILES string of the molecule is Cc1ccc(NN)c(C)c1.Cl.O.O. The van der Waals surface area contributed by atoms with Crippen molar-refractivity contribution in [1.29, 1.82) is 0 Å². The van der Waals surface area contributed by atoms with Crippen LogP contribution in [0, 0.1) is 13.8 Å². The van der Waals surface area contributed by atoms with Gasteiger partial charge >= 0.3 is 0 Å². The van der Waals surface area contributed by atoms with E-state index in [4.69, 9.17) is 5.84 Å². The molecule has 0 atom stereocenters. The Bertz CT molecular complexity index is 244. The lowest BCUT2D eigenvalue weighted by molar-refractivity contribution is 0.823. The highest BCUT2D eigenvalue weighted by Crippen LogP contribution is 2.13. The van der Waals surface area contributed by atoms with Crippen LogP contribution in [0.25, 0.3) is 0 Å². The van der Waals surface area contributed by atoms with E-state index in [1.165, 1.54) is 11.1 Å². The molecule has 1 aromatic rings. The van der Waals surface area contributed by atoms with Crippen LogP contribution in [-0.4, -0.2) is 11.0 Å². The van der Waals surface area contributed by atoms with E-state index in [0.717, 1.165) is 5.69 Å². The molecule has 7 N–H and O–H groups in total. The molecule has 4 nitrogen and oxygen atoms in total. The van der Waals surface area contributed by atoms with Gasteiger partial charge in [-0.15, -0.1) is 12.4 Å². The van der Waals surface area contributed by atoms with Gasteiger partial charge in [0, 0.05) is 0 Å². The Morgan fingerprint density at radius 2 is 1.69 bits per heavy atom. The maximum atomic E-state index is 5.25. The highest BCUT2D eigenvalue weighted by atomic mass is 35.5. The molecule has 0 bridgehead atoms. The minimum absolute atomic E-state index is 0. The number of nitrogens with one attached hydrogen (secondary N) is 1. The molecule has 0 heterocycles. The lowest BCUT2D eigenvalue weighted by Gasteiger charge is -2.03. The molecular formula is C8H17ClN2O2. The zero-order chi connectivity index (χ0) is 7.56. The molecule has 0 aromatic heterocycles. The number of halogens is 1. The van der Waals surface area contributed by atoms with Gasteiger partial charge in [-0.25, -0.2) is 0 Å². The van der Waals surface area contributed by atoms with E-state index in [1.807, 2.05) is 19.1 Å². The minimum atomic E-state index is 0. The normalized spacial score (nSPS) is 7.31. The molecule has 0 radical (unpaired) electrons. The lowest BCUT2D eigenvalue weighted by atomic mass is 10.1. The van der Waals surface area contributed by atoms with Crippen molar-refractivity contribution in [1.82, 2.24) is 0 Å². The van der Waals surface area contributed by atoms with Crippen molar-refractivity contribution >= 4 is 18.1 Å². The van der Waals surface area contributed by atoms with E-state index in [-0.39, 0.29) is 23.4 Å². The predicted molar refractivity (Wildman–Crippen MR) is 58.2 cm³/mol. The Kier molecular flexibility index (Phi) is 10.9. The van der Waals surface area contributed by atoms with Gasteiger partial charge in [-0.2, -0.15) is 0 Å². The Balaban J connectivity index is -0.000000333. The largest absolute Gasteiger partial charge is 0.412 e. The standard InChI is InChI=1S/C8H12N2.ClH.2H2O/c1-6-3-4-8(10-9)7(2)5-6;;;/h3-5,10H,9H2,1-2H3;1H;2*1H2. The van der Waals surface area contributed by atoms with Gasteiger partial charge in [0.2, 0.25) is 0 Å². The Morgan fingerprint density at radius 1 is 1.15 bits per heavy atom. The summed E-state index contributed by atoms with van der Waals surface area (Å²) in [6.45, 7) is 4.09. The average Bonchev–Trinajstić information content (AvgIpc) is 1.88. The van der Waals surface area contributed by atoms with Crippen LogP contribution in [0.1, 0.15) is 11.1 Å². The third-order valence-corrected chi connectivity index (χ3v) is 1.54.